The molecule has 0 aliphatic heterocycles. The van der Waals surface area contributed by atoms with E-state index in [4.69, 9.17) is 23.2 Å². The number of hydrogen-bond acceptors (Lipinski definition) is 4. The maximum Gasteiger partial charge on any atom is 0.196 e. The maximum absolute atomic E-state index is 13.4. The molecule has 6 heteroatoms. The Bertz CT molecular complexity index is 1080. The molecule has 0 spiro atoms. The van der Waals surface area contributed by atoms with Crippen molar-refractivity contribution < 1.29 is 0 Å². The fraction of sp³-hybridized carbons (Fsp3) is 0.458. The van der Waals surface area contributed by atoms with Crippen molar-refractivity contribution in [3.8, 4) is 0 Å². The van der Waals surface area contributed by atoms with Crippen LogP contribution in [-0.4, -0.2) is 42.8 Å². The lowest BCUT2D eigenvalue weighted by molar-refractivity contribution is 0.306. The van der Waals surface area contributed by atoms with Gasteiger partial charge in [-0.1, -0.05) is 12.1 Å². The van der Waals surface area contributed by atoms with Crippen molar-refractivity contribution in [2.24, 2.45) is 0 Å². The minimum absolute atomic E-state index is 0.191. The van der Waals surface area contributed by atoms with Gasteiger partial charge in [0, 0.05) is 46.9 Å². The first kappa shape index (κ1) is 21.9. The summed E-state index contributed by atoms with van der Waals surface area (Å²) in [7, 11) is 0. The lowest BCUT2D eigenvalue weighted by Crippen LogP contribution is -2.30. The molecule has 4 rings (SSSR count). The van der Waals surface area contributed by atoms with E-state index in [-0.39, 0.29) is 5.43 Å². The number of rotatable bonds is 9. The van der Waals surface area contributed by atoms with Crippen LogP contribution in [-0.2, 0) is 12.8 Å². The fourth-order valence-corrected chi connectivity index (χ4v) is 6.12. The largest absolute Gasteiger partial charge is 0.384 e. The Hall–Kier alpha value is -1.33. The van der Waals surface area contributed by atoms with Crippen LogP contribution in [0.25, 0.3) is 20.2 Å². The van der Waals surface area contributed by atoms with Gasteiger partial charge in [-0.15, -0.1) is 34.5 Å². The zero-order valence-corrected chi connectivity index (χ0v) is 19.5. The summed E-state index contributed by atoms with van der Waals surface area (Å²) in [5, 5.41) is 5.44. The number of aryl methyl sites for hydroxylation is 2. The van der Waals surface area contributed by atoms with Crippen LogP contribution < -0.4 is 10.7 Å². The second-order valence-electron chi connectivity index (χ2n) is 7.90. The monoisotopic (exact) mass is 462 g/mol. The number of benzene rings is 2. The maximum atomic E-state index is 13.4. The molecular weight excluding hydrogens is 435 g/mol. The van der Waals surface area contributed by atoms with Crippen molar-refractivity contribution in [3.63, 3.8) is 0 Å². The topological polar surface area (TPSA) is 32.3 Å². The fourth-order valence-electron chi connectivity index (χ4n) is 4.45. The number of fused-ring (bicyclic) bond motifs is 4. The van der Waals surface area contributed by atoms with Crippen molar-refractivity contribution in [2.75, 3.05) is 43.3 Å². The average molecular weight is 463 g/mol. The molecule has 0 fully saturated rings. The molecule has 0 saturated heterocycles. The summed E-state index contributed by atoms with van der Waals surface area (Å²) in [6, 6.07) is 10.3. The zero-order chi connectivity index (χ0) is 20.9. The molecule has 1 aliphatic carbocycles. The summed E-state index contributed by atoms with van der Waals surface area (Å²) < 4.78 is 2.17. The highest BCUT2D eigenvalue weighted by Crippen LogP contribution is 2.37. The van der Waals surface area contributed by atoms with Gasteiger partial charge in [0.1, 0.15) is 0 Å². The molecule has 160 valence electrons. The molecule has 1 aliphatic rings. The summed E-state index contributed by atoms with van der Waals surface area (Å²) in [6.45, 7) is 3.56. The Balaban J connectivity index is 1.65. The standard InChI is InChI=1S/C24H28Cl2N2OS/c25-10-14-28(15-11-26)13-5-12-27-20-16-17-6-1-2-7-18(17)22-23(29)19-8-3-4-9-21(19)30-24(20)22/h3-4,8-9,16,27H,1-2,5-7,10-15H2. The van der Waals surface area contributed by atoms with Crippen molar-refractivity contribution >= 4 is 60.4 Å². The minimum atomic E-state index is 0.191. The molecule has 0 saturated carbocycles. The number of halogens is 2. The first-order valence-electron chi connectivity index (χ1n) is 10.8. The minimum Gasteiger partial charge on any atom is -0.384 e. The third-order valence-corrected chi connectivity index (χ3v) is 7.48. The van der Waals surface area contributed by atoms with E-state index >= 15 is 0 Å². The van der Waals surface area contributed by atoms with Crippen molar-refractivity contribution in [3.05, 3.63) is 51.7 Å². The average Bonchev–Trinajstić information content (AvgIpc) is 2.77. The van der Waals surface area contributed by atoms with E-state index in [1.165, 1.54) is 24.0 Å². The van der Waals surface area contributed by atoms with Gasteiger partial charge < -0.3 is 10.2 Å². The molecule has 0 amide bonds. The normalized spacial score (nSPS) is 13.8. The Morgan fingerprint density at radius 3 is 2.60 bits per heavy atom. The highest BCUT2D eigenvalue weighted by molar-refractivity contribution is 7.25. The molecule has 0 bridgehead atoms. The molecule has 30 heavy (non-hydrogen) atoms. The zero-order valence-electron chi connectivity index (χ0n) is 17.2. The van der Waals surface area contributed by atoms with Crippen LogP contribution in [0.2, 0.25) is 0 Å². The molecule has 1 heterocycles. The number of hydrogen-bond donors (Lipinski definition) is 1. The van der Waals surface area contributed by atoms with Gasteiger partial charge in [-0.3, -0.25) is 4.79 Å². The van der Waals surface area contributed by atoms with E-state index in [1.807, 2.05) is 18.2 Å². The predicted molar refractivity (Wildman–Crippen MR) is 133 cm³/mol. The molecule has 1 N–H and O–H groups in total. The molecule has 0 atom stereocenters. The Labute approximate surface area is 192 Å². The van der Waals surface area contributed by atoms with Crippen molar-refractivity contribution in [1.82, 2.24) is 4.90 Å². The quantitative estimate of drug-likeness (QED) is 0.245. The van der Waals surface area contributed by atoms with Gasteiger partial charge in [-0.2, -0.15) is 0 Å². The van der Waals surface area contributed by atoms with E-state index < -0.39 is 0 Å². The Morgan fingerprint density at radius 1 is 1.03 bits per heavy atom. The number of nitrogens with one attached hydrogen (secondary N) is 1. The van der Waals surface area contributed by atoms with Crippen molar-refractivity contribution in [1.29, 1.82) is 0 Å². The SMILES string of the molecule is O=c1c2ccccc2sc2c(NCCCN(CCCl)CCCl)cc3c(c12)CCCC3. The van der Waals surface area contributed by atoms with Gasteiger partial charge in [-0.05, 0) is 68.0 Å². The van der Waals surface area contributed by atoms with Crippen LogP contribution in [0.5, 0.6) is 0 Å². The predicted octanol–water partition coefficient (Wildman–Crippen LogP) is 5.88. The summed E-state index contributed by atoms with van der Waals surface area (Å²) in [5.74, 6) is 1.25. The summed E-state index contributed by atoms with van der Waals surface area (Å²) in [6.07, 6.45) is 5.46. The molecule has 0 unspecified atom stereocenters. The van der Waals surface area contributed by atoms with Gasteiger partial charge >= 0.3 is 0 Å². The summed E-state index contributed by atoms with van der Waals surface area (Å²) >= 11 is 13.6. The molecule has 0 radical (unpaired) electrons. The van der Waals surface area contributed by atoms with Crippen LogP contribution >= 0.6 is 34.5 Å². The van der Waals surface area contributed by atoms with Crippen LogP contribution in [0.3, 0.4) is 0 Å². The molecule has 1 aromatic heterocycles. The van der Waals surface area contributed by atoms with Crippen LogP contribution in [0.4, 0.5) is 5.69 Å². The third-order valence-electron chi connectivity index (χ3n) is 5.94. The van der Waals surface area contributed by atoms with E-state index in [2.05, 4.69) is 22.3 Å². The molecule has 3 nitrogen and oxygen atoms in total. The van der Waals surface area contributed by atoms with Gasteiger partial charge in [0.25, 0.3) is 0 Å². The highest BCUT2D eigenvalue weighted by atomic mass is 35.5. The third kappa shape index (κ3) is 4.62. The lowest BCUT2D eigenvalue weighted by Gasteiger charge is -2.22. The summed E-state index contributed by atoms with van der Waals surface area (Å²) in [5.41, 5.74) is 3.93. The first-order chi connectivity index (χ1) is 14.7. The van der Waals surface area contributed by atoms with Crippen LogP contribution in [0.15, 0.2) is 35.1 Å². The lowest BCUT2D eigenvalue weighted by atomic mass is 9.88. The Kier molecular flexibility index (Phi) is 7.53. The number of nitrogens with zero attached hydrogens (tertiary/aromatic N) is 1. The number of anilines is 1. The molecular formula is C24H28Cl2N2OS. The Morgan fingerprint density at radius 2 is 1.80 bits per heavy atom. The second kappa shape index (κ2) is 10.3. The first-order valence-corrected chi connectivity index (χ1v) is 12.7. The van der Waals surface area contributed by atoms with E-state index in [9.17, 15) is 4.79 Å². The van der Waals surface area contributed by atoms with Crippen LogP contribution in [0, 0.1) is 0 Å². The smallest absolute Gasteiger partial charge is 0.196 e. The van der Waals surface area contributed by atoms with Crippen LogP contribution in [0.1, 0.15) is 30.4 Å². The highest BCUT2D eigenvalue weighted by Gasteiger charge is 2.19. The van der Waals surface area contributed by atoms with E-state index in [1.54, 1.807) is 11.3 Å². The second-order valence-corrected chi connectivity index (χ2v) is 9.71. The van der Waals surface area contributed by atoms with Crippen molar-refractivity contribution in [2.45, 2.75) is 32.1 Å². The van der Waals surface area contributed by atoms with Gasteiger partial charge in [0.15, 0.2) is 5.43 Å². The van der Waals surface area contributed by atoms with E-state index in [0.29, 0.717) is 11.8 Å². The van der Waals surface area contributed by atoms with Gasteiger partial charge in [0.2, 0.25) is 0 Å². The van der Waals surface area contributed by atoms with Gasteiger partial charge in [-0.25, -0.2) is 0 Å². The number of alkyl halides is 2. The van der Waals surface area contributed by atoms with Gasteiger partial charge in [0.05, 0.1) is 10.4 Å². The van der Waals surface area contributed by atoms with E-state index in [0.717, 1.165) is 71.3 Å². The molecule has 3 aromatic rings. The summed E-state index contributed by atoms with van der Waals surface area (Å²) in [4.78, 5) is 15.7. The molecule has 2 aromatic carbocycles.